The van der Waals surface area contributed by atoms with E-state index in [1.165, 1.54) is 5.56 Å². The van der Waals surface area contributed by atoms with Crippen molar-refractivity contribution in [1.29, 1.82) is 0 Å². The maximum Gasteiger partial charge on any atom is 0.0518 e. The normalized spacial score (nSPS) is 12.9. The maximum absolute atomic E-state index is 3.94. The molecular formula is C11H15N3S. The van der Waals surface area contributed by atoms with E-state index in [4.69, 9.17) is 0 Å². The van der Waals surface area contributed by atoms with Crippen LogP contribution in [0, 0.1) is 0 Å². The molecule has 1 atom stereocenters. The fourth-order valence-electron chi connectivity index (χ4n) is 1.49. The van der Waals surface area contributed by atoms with E-state index >= 15 is 0 Å². The lowest BCUT2D eigenvalue weighted by atomic mass is 10.2. The van der Waals surface area contributed by atoms with Crippen LogP contribution in [0.2, 0.25) is 0 Å². The second-order valence-corrected chi connectivity index (χ2v) is 4.35. The third kappa shape index (κ3) is 2.91. The second kappa shape index (κ2) is 5.09. The lowest BCUT2D eigenvalue weighted by Gasteiger charge is -2.10. The highest BCUT2D eigenvalue weighted by atomic mass is 32.1. The molecule has 0 radical (unpaired) electrons. The Kier molecular flexibility index (Phi) is 3.53. The smallest absolute Gasteiger partial charge is 0.0518 e. The van der Waals surface area contributed by atoms with Crippen LogP contribution in [0.3, 0.4) is 0 Å². The van der Waals surface area contributed by atoms with Crippen molar-refractivity contribution in [2.24, 2.45) is 0 Å². The largest absolute Gasteiger partial charge is 0.309 e. The first-order valence-corrected chi connectivity index (χ1v) is 6.04. The summed E-state index contributed by atoms with van der Waals surface area (Å²) in [5.74, 6) is 0. The molecule has 0 aliphatic rings. The fourth-order valence-corrected chi connectivity index (χ4v) is 2.19. The molecule has 0 aliphatic heterocycles. The van der Waals surface area contributed by atoms with Crippen molar-refractivity contribution in [2.45, 2.75) is 19.4 Å². The van der Waals surface area contributed by atoms with Crippen LogP contribution in [0.25, 0.3) is 0 Å². The summed E-state index contributed by atoms with van der Waals surface area (Å²) >= 11 is 1.75. The monoisotopic (exact) mass is 221 g/mol. The van der Waals surface area contributed by atoms with E-state index in [9.17, 15) is 0 Å². The molecule has 15 heavy (non-hydrogen) atoms. The van der Waals surface area contributed by atoms with Crippen molar-refractivity contribution in [3.05, 3.63) is 40.3 Å². The van der Waals surface area contributed by atoms with Gasteiger partial charge in [-0.1, -0.05) is 0 Å². The van der Waals surface area contributed by atoms with Crippen LogP contribution in [0.15, 0.2) is 29.1 Å². The first-order chi connectivity index (χ1) is 7.36. The minimum absolute atomic E-state index is 0.339. The van der Waals surface area contributed by atoms with Crippen LogP contribution in [-0.4, -0.2) is 16.7 Å². The van der Waals surface area contributed by atoms with E-state index in [1.807, 2.05) is 6.07 Å². The van der Waals surface area contributed by atoms with Gasteiger partial charge in [-0.15, -0.1) is 0 Å². The molecule has 2 heterocycles. The van der Waals surface area contributed by atoms with E-state index < -0.39 is 0 Å². The number of hydrogen-bond donors (Lipinski definition) is 2. The van der Waals surface area contributed by atoms with Crippen molar-refractivity contribution >= 4 is 11.3 Å². The van der Waals surface area contributed by atoms with Gasteiger partial charge in [-0.05, 0) is 48.3 Å². The first-order valence-electron chi connectivity index (χ1n) is 5.10. The zero-order chi connectivity index (χ0) is 10.5. The Balaban J connectivity index is 1.74. The number of H-pyrrole nitrogens is 1. The number of aromatic nitrogens is 2. The van der Waals surface area contributed by atoms with E-state index in [2.05, 4.69) is 39.3 Å². The SMILES string of the molecule is CC(NCCc1ccsc1)c1ccn[nH]1. The standard InChI is InChI=1S/C11H15N3S/c1-9(11-3-6-13-14-11)12-5-2-10-4-7-15-8-10/h3-4,6-9,12H,2,5H2,1H3,(H,13,14). The Morgan fingerprint density at radius 2 is 2.47 bits per heavy atom. The molecule has 2 aromatic rings. The topological polar surface area (TPSA) is 40.7 Å². The molecule has 0 amide bonds. The maximum atomic E-state index is 3.94. The molecule has 3 nitrogen and oxygen atoms in total. The number of hydrogen-bond acceptors (Lipinski definition) is 3. The summed E-state index contributed by atoms with van der Waals surface area (Å²) in [5, 5.41) is 14.7. The van der Waals surface area contributed by atoms with Gasteiger partial charge < -0.3 is 5.32 Å². The van der Waals surface area contributed by atoms with Crippen LogP contribution in [-0.2, 0) is 6.42 Å². The van der Waals surface area contributed by atoms with Gasteiger partial charge in [0, 0.05) is 12.2 Å². The highest BCUT2D eigenvalue weighted by Gasteiger charge is 2.04. The molecule has 0 aromatic carbocycles. The van der Waals surface area contributed by atoms with Crippen molar-refractivity contribution in [2.75, 3.05) is 6.54 Å². The van der Waals surface area contributed by atoms with Crippen molar-refractivity contribution < 1.29 is 0 Å². The van der Waals surface area contributed by atoms with E-state index in [0.717, 1.165) is 18.7 Å². The molecule has 0 fully saturated rings. The summed E-state index contributed by atoms with van der Waals surface area (Å²) in [6.07, 6.45) is 2.87. The summed E-state index contributed by atoms with van der Waals surface area (Å²) in [4.78, 5) is 0. The van der Waals surface area contributed by atoms with Crippen LogP contribution in [0.4, 0.5) is 0 Å². The van der Waals surface area contributed by atoms with Crippen molar-refractivity contribution in [3.8, 4) is 0 Å². The molecule has 2 N–H and O–H groups in total. The summed E-state index contributed by atoms with van der Waals surface area (Å²) in [6.45, 7) is 3.14. The van der Waals surface area contributed by atoms with E-state index in [-0.39, 0.29) is 0 Å². The number of nitrogens with one attached hydrogen (secondary N) is 2. The van der Waals surface area contributed by atoms with Gasteiger partial charge in [0.1, 0.15) is 0 Å². The van der Waals surface area contributed by atoms with Gasteiger partial charge in [-0.2, -0.15) is 16.4 Å². The average molecular weight is 221 g/mol. The highest BCUT2D eigenvalue weighted by Crippen LogP contribution is 2.09. The van der Waals surface area contributed by atoms with Gasteiger partial charge in [-0.25, -0.2) is 0 Å². The van der Waals surface area contributed by atoms with Gasteiger partial charge in [0.2, 0.25) is 0 Å². The van der Waals surface area contributed by atoms with Gasteiger partial charge in [-0.3, -0.25) is 5.10 Å². The summed E-state index contributed by atoms with van der Waals surface area (Å²) in [5.41, 5.74) is 2.55. The predicted molar refractivity (Wildman–Crippen MR) is 63.0 cm³/mol. The zero-order valence-electron chi connectivity index (χ0n) is 8.73. The Labute approximate surface area is 93.5 Å². The fraction of sp³-hybridized carbons (Fsp3) is 0.364. The number of aromatic amines is 1. The van der Waals surface area contributed by atoms with Gasteiger partial charge in [0.15, 0.2) is 0 Å². The predicted octanol–water partition coefficient (Wildman–Crippen LogP) is 2.36. The Bertz CT molecular complexity index is 366. The number of thiophene rings is 1. The molecular weight excluding hydrogens is 206 g/mol. The lowest BCUT2D eigenvalue weighted by Crippen LogP contribution is -2.21. The van der Waals surface area contributed by atoms with Crippen LogP contribution in [0.5, 0.6) is 0 Å². The van der Waals surface area contributed by atoms with Crippen molar-refractivity contribution in [3.63, 3.8) is 0 Å². The Morgan fingerprint density at radius 3 is 3.13 bits per heavy atom. The van der Waals surface area contributed by atoms with Crippen molar-refractivity contribution in [1.82, 2.24) is 15.5 Å². The number of rotatable bonds is 5. The Morgan fingerprint density at radius 1 is 1.53 bits per heavy atom. The minimum atomic E-state index is 0.339. The number of nitrogens with zero attached hydrogens (tertiary/aromatic N) is 1. The molecule has 2 aromatic heterocycles. The zero-order valence-corrected chi connectivity index (χ0v) is 9.55. The molecule has 1 unspecified atom stereocenters. The molecule has 0 saturated carbocycles. The summed E-state index contributed by atoms with van der Waals surface area (Å²) < 4.78 is 0. The second-order valence-electron chi connectivity index (χ2n) is 3.57. The van der Waals surface area contributed by atoms with Gasteiger partial charge in [0.25, 0.3) is 0 Å². The quantitative estimate of drug-likeness (QED) is 0.813. The van der Waals surface area contributed by atoms with Crippen LogP contribution < -0.4 is 5.32 Å². The molecule has 80 valence electrons. The molecule has 0 saturated heterocycles. The molecule has 0 aliphatic carbocycles. The molecule has 4 heteroatoms. The third-order valence-electron chi connectivity index (χ3n) is 2.43. The minimum Gasteiger partial charge on any atom is -0.309 e. The Hall–Kier alpha value is -1.13. The van der Waals surface area contributed by atoms with Gasteiger partial charge in [0.05, 0.1) is 5.69 Å². The van der Waals surface area contributed by atoms with Crippen LogP contribution >= 0.6 is 11.3 Å². The highest BCUT2D eigenvalue weighted by molar-refractivity contribution is 7.07. The van der Waals surface area contributed by atoms with Crippen LogP contribution in [0.1, 0.15) is 24.2 Å². The summed E-state index contributed by atoms with van der Waals surface area (Å²) in [6, 6.07) is 4.52. The molecule has 0 spiro atoms. The molecule has 0 bridgehead atoms. The summed E-state index contributed by atoms with van der Waals surface area (Å²) in [7, 11) is 0. The lowest BCUT2D eigenvalue weighted by molar-refractivity contribution is 0.563. The van der Waals surface area contributed by atoms with E-state index in [1.54, 1.807) is 17.5 Å². The van der Waals surface area contributed by atoms with Gasteiger partial charge >= 0.3 is 0 Å². The van der Waals surface area contributed by atoms with E-state index in [0.29, 0.717) is 6.04 Å². The molecule has 2 rings (SSSR count). The average Bonchev–Trinajstić information content (AvgIpc) is 2.90. The third-order valence-corrected chi connectivity index (χ3v) is 3.17. The first kappa shape index (κ1) is 10.4.